The van der Waals surface area contributed by atoms with Gasteiger partial charge in [0.1, 0.15) is 5.54 Å². The molecular formula is C35H43N5O5. The molecule has 45 heavy (non-hydrogen) atoms. The number of hydrogen-bond donors (Lipinski definition) is 1. The molecule has 10 nitrogen and oxygen atoms in total. The molecule has 10 heteroatoms. The van der Waals surface area contributed by atoms with E-state index < -0.39 is 5.54 Å². The standard InChI is InChI=1S/C35H43N5O5/c1-4-45-32-12-9-24(19-31(32)41)21-38-22-25-20-30(28-10-11-29(36(2)3)27-8-6-5-7-26(27)28)40-34(43)39(33(42)35(25,40)23-38)14-13-37-15-17-44-18-16-37/h5-12,19,25,30,41H,4,13-18,20-23H2,1-3H3. The number of nitrogens with zero attached hydrogens (tertiary/aromatic N) is 5. The monoisotopic (exact) mass is 613 g/mol. The van der Waals surface area contributed by atoms with Crippen molar-refractivity contribution >= 4 is 28.4 Å². The van der Waals surface area contributed by atoms with Gasteiger partial charge in [0, 0.05) is 76.9 Å². The van der Waals surface area contributed by atoms with E-state index in [9.17, 15) is 14.7 Å². The molecular weight excluding hydrogens is 570 g/mol. The first-order valence-corrected chi connectivity index (χ1v) is 16.1. The van der Waals surface area contributed by atoms with E-state index in [1.165, 1.54) is 4.90 Å². The van der Waals surface area contributed by atoms with Gasteiger partial charge in [0.2, 0.25) is 0 Å². The topological polar surface area (TPSA) is 89.0 Å². The van der Waals surface area contributed by atoms with E-state index in [2.05, 4.69) is 51.1 Å². The van der Waals surface area contributed by atoms with E-state index in [0.29, 0.717) is 58.3 Å². The molecule has 3 unspecified atom stereocenters. The van der Waals surface area contributed by atoms with Gasteiger partial charge in [-0.15, -0.1) is 0 Å². The summed E-state index contributed by atoms with van der Waals surface area (Å²) in [5.74, 6) is 0.505. The van der Waals surface area contributed by atoms with Crippen LogP contribution in [0.1, 0.15) is 30.5 Å². The summed E-state index contributed by atoms with van der Waals surface area (Å²) in [4.78, 5) is 39.1. The van der Waals surface area contributed by atoms with Crippen LogP contribution in [0.15, 0.2) is 54.6 Å². The van der Waals surface area contributed by atoms with Crippen LogP contribution in [-0.4, -0.2) is 115 Å². The van der Waals surface area contributed by atoms with E-state index in [0.717, 1.165) is 47.1 Å². The number of carbonyl (C=O) groups excluding carboxylic acids is 2. The third-order valence-electron chi connectivity index (χ3n) is 10.2. The number of ether oxygens (including phenoxy) is 2. The normalized spacial score (nSPS) is 25.3. The highest BCUT2D eigenvalue weighted by atomic mass is 16.5. The second-order valence-corrected chi connectivity index (χ2v) is 13.0. The molecule has 0 bridgehead atoms. The number of imide groups is 1. The van der Waals surface area contributed by atoms with Crippen molar-refractivity contribution in [1.82, 2.24) is 19.6 Å². The number of phenols is 1. The van der Waals surface area contributed by atoms with Gasteiger partial charge >= 0.3 is 6.03 Å². The maximum absolute atomic E-state index is 14.6. The minimum absolute atomic E-state index is 0.00378. The Morgan fingerprint density at radius 1 is 1.00 bits per heavy atom. The second-order valence-electron chi connectivity index (χ2n) is 13.0. The Hall–Kier alpha value is -3.86. The molecule has 7 rings (SSSR count). The number of benzene rings is 3. The van der Waals surface area contributed by atoms with Gasteiger partial charge in [0.15, 0.2) is 11.5 Å². The number of urea groups is 1. The van der Waals surface area contributed by atoms with Crippen LogP contribution in [0.3, 0.4) is 0 Å². The van der Waals surface area contributed by atoms with Gasteiger partial charge in [-0.2, -0.15) is 0 Å². The molecule has 3 aromatic rings. The van der Waals surface area contributed by atoms with Gasteiger partial charge in [-0.25, -0.2) is 4.79 Å². The van der Waals surface area contributed by atoms with E-state index >= 15 is 0 Å². The molecule has 238 valence electrons. The van der Waals surface area contributed by atoms with Crippen LogP contribution in [-0.2, 0) is 16.1 Å². The van der Waals surface area contributed by atoms with Gasteiger partial charge in [-0.1, -0.05) is 36.4 Å². The Morgan fingerprint density at radius 2 is 1.78 bits per heavy atom. The summed E-state index contributed by atoms with van der Waals surface area (Å²) in [5, 5.41) is 12.8. The first-order valence-electron chi connectivity index (χ1n) is 16.1. The van der Waals surface area contributed by atoms with E-state index in [4.69, 9.17) is 9.47 Å². The summed E-state index contributed by atoms with van der Waals surface area (Å²) in [7, 11) is 4.09. The van der Waals surface area contributed by atoms with Crippen molar-refractivity contribution in [3.63, 3.8) is 0 Å². The predicted molar refractivity (Wildman–Crippen MR) is 173 cm³/mol. The Balaban J connectivity index is 1.22. The molecule has 3 amide bonds. The molecule has 1 N–H and O–H groups in total. The lowest BCUT2D eigenvalue weighted by atomic mass is 9.87. The highest BCUT2D eigenvalue weighted by Crippen LogP contribution is 2.56. The first-order chi connectivity index (χ1) is 21.8. The van der Waals surface area contributed by atoms with Crippen molar-refractivity contribution in [3.8, 4) is 11.5 Å². The number of morpholine rings is 1. The molecule has 4 heterocycles. The van der Waals surface area contributed by atoms with Crippen molar-refractivity contribution in [2.45, 2.75) is 31.5 Å². The molecule has 4 fully saturated rings. The van der Waals surface area contributed by atoms with Gasteiger partial charge in [-0.05, 0) is 48.1 Å². The minimum Gasteiger partial charge on any atom is -0.504 e. The molecule has 4 aliphatic heterocycles. The van der Waals surface area contributed by atoms with Crippen LogP contribution in [0.2, 0.25) is 0 Å². The lowest BCUT2D eigenvalue weighted by molar-refractivity contribution is -0.133. The highest BCUT2D eigenvalue weighted by Gasteiger charge is 2.70. The van der Waals surface area contributed by atoms with E-state index in [-0.39, 0.29) is 29.6 Å². The number of hydrogen-bond acceptors (Lipinski definition) is 8. The van der Waals surface area contributed by atoms with Crippen LogP contribution in [0.4, 0.5) is 10.5 Å². The number of aromatic hydroxyl groups is 1. The lowest BCUT2D eigenvalue weighted by Crippen LogP contribution is -2.51. The summed E-state index contributed by atoms with van der Waals surface area (Å²) in [5.41, 5.74) is 2.26. The van der Waals surface area contributed by atoms with Crippen LogP contribution in [0, 0.1) is 5.92 Å². The van der Waals surface area contributed by atoms with E-state index in [1.807, 2.05) is 32.0 Å². The second kappa shape index (κ2) is 11.8. The lowest BCUT2D eigenvalue weighted by Gasteiger charge is -2.32. The first kappa shape index (κ1) is 29.8. The zero-order chi connectivity index (χ0) is 31.3. The predicted octanol–water partition coefficient (Wildman–Crippen LogP) is 3.92. The molecule has 1 spiro atoms. The molecule has 0 saturated carbocycles. The Morgan fingerprint density at radius 3 is 2.51 bits per heavy atom. The fraction of sp³-hybridized carbons (Fsp3) is 0.486. The highest BCUT2D eigenvalue weighted by molar-refractivity contribution is 6.09. The van der Waals surface area contributed by atoms with Crippen molar-refractivity contribution in [3.05, 3.63) is 65.7 Å². The number of rotatable bonds is 9. The van der Waals surface area contributed by atoms with Gasteiger partial charge < -0.3 is 24.4 Å². The zero-order valence-corrected chi connectivity index (χ0v) is 26.4. The molecule has 4 aliphatic rings. The summed E-state index contributed by atoms with van der Waals surface area (Å²) in [6.45, 7) is 8.10. The fourth-order valence-electron chi connectivity index (χ4n) is 8.13. The van der Waals surface area contributed by atoms with Gasteiger partial charge in [0.05, 0.1) is 25.9 Å². The molecule has 0 aromatic heterocycles. The maximum atomic E-state index is 14.6. The Kier molecular flexibility index (Phi) is 7.83. The number of likely N-dealkylation sites (tertiary alicyclic amines) is 1. The Labute approximate surface area is 264 Å². The number of fused-ring (bicyclic) bond motifs is 1. The van der Waals surface area contributed by atoms with Crippen LogP contribution >= 0.6 is 0 Å². The average molecular weight is 614 g/mol. The van der Waals surface area contributed by atoms with Gasteiger partial charge in [-0.3, -0.25) is 19.5 Å². The number of carbonyl (C=O) groups is 2. The van der Waals surface area contributed by atoms with Crippen molar-refractivity contribution in [1.29, 1.82) is 0 Å². The molecule has 0 aliphatic carbocycles. The third-order valence-corrected chi connectivity index (χ3v) is 10.2. The van der Waals surface area contributed by atoms with E-state index in [1.54, 1.807) is 12.1 Å². The number of amides is 3. The molecule has 3 aromatic carbocycles. The SMILES string of the molecule is CCOc1ccc(CN2CC3CC(c4ccc(N(C)C)c5ccccc45)N4C(=O)N(CCN5CCOCC5)C(=O)C34C2)cc1O. The Bertz CT molecular complexity index is 1610. The van der Waals surface area contributed by atoms with Gasteiger partial charge in [0.25, 0.3) is 5.91 Å². The zero-order valence-electron chi connectivity index (χ0n) is 26.4. The van der Waals surface area contributed by atoms with Crippen molar-refractivity contribution in [2.24, 2.45) is 5.92 Å². The summed E-state index contributed by atoms with van der Waals surface area (Å²) in [6.07, 6.45) is 0.727. The summed E-state index contributed by atoms with van der Waals surface area (Å²) in [6, 6.07) is 17.8. The fourth-order valence-corrected chi connectivity index (χ4v) is 8.13. The van der Waals surface area contributed by atoms with Crippen molar-refractivity contribution < 1.29 is 24.2 Å². The third kappa shape index (κ3) is 4.99. The molecule has 0 radical (unpaired) electrons. The number of anilines is 1. The van der Waals surface area contributed by atoms with Crippen molar-refractivity contribution in [2.75, 3.05) is 78.1 Å². The average Bonchev–Trinajstić information content (AvgIpc) is 3.61. The van der Waals surface area contributed by atoms with Crippen LogP contribution in [0.25, 0.3) is 10.8 Å². The maximum Gasteiger partial charge on any atom is 0.328 e. The van der Waals surface area contributed by atoms with Crippen LogP contribution in [0.5, 0.6) is 11.5 Å². The largest absolute Gasteiger partial charge is 0.504 e. The molecule has 4 saturated heterocycles. The smallest absolute Gasteiger partial charge is 0.328 e. The number of phenolic OH excluding ortho intramolecular Hbond substituents is 1. The summed E-state index contributed by atoms with van der Waals surface area (Å²) < 4.78 is 11.0. The molecule has 3 atom stereocenters. The minimum atomic E-state index is -0.915. The summed E-state index contributed by atoms with van der Waals surface area (Å²) >= 11 is 0. The quantitative estimate of drug-likeness (QED) is 0.364. The van der Waals surface area contributed by atoms with Crippen LogP contribution < -0.4 is 9.64 Å².